The molecule has 2 aliphatic heterocycles. The molecule has 0 saturated carbocycles. The van der Waals surface area contributed by atoms with E-state index in [1.54, 1.807) is 0 Å². The molecule has 2 heterocycles. The molecule has 0 aromatic heterocycles. The molecule has 0 spiro atoms. The van der Waals surface area contributed by atoms with Crippen molar-refractivity contribution in [1.29, 1.82) is 0 Å². The van der Waals surface area contributed by atoms with Crippen LogP contribution < -0.4 is 5.32 Å². The quantitative estimate of drug-likeness (QED) is 0.903. The van der Waals surface area contributed by atoms with Gasteiger partial charge in [0.25, 0.3) is 5.91 Å². The summed E-state index contributed by atoms with van der Waals surface area (Å²) in [6, 6.07) is 9.36. The van der Waals surface area contributed by atoms with Gasteiger partial charge in [0.1, 0.15) is 0 Å². The Morgan fingerprint density at radius 1 is 0.958 bits per heavy atom. The van der Waals surface area contributed by atoms with Gasteiger partial charge >= 0.3 is 0 Å². The van der Waals surface area contributed by atoms with E-state index < -0.39 is 0 Å². The molecule has 0 bridgehead atoms. The predicted octanol–water partition coefficient (Wildman–Crippen LogP) is 1.78. The van der Waals surface area contributed by atoms with Gasteiger partial charge in [-0.25, -0.2) is 0 Å². The highest BCUT2D eigenvalue weighted by Crippen LogP contribution is 2.18. The number of nitrogens with one attached hydrogen (secondary N) is 1. The van der Waals surface area contributed by atoms with Crippen molar-refractivity contribution in [2.75, 3.05) is 39.3 Å². The highest BCUT2D eigenvalue weighted by molar-refractivity contribution is 5.94. The molecule has 2 fully saturated rings. The lowest BCUT2D eigenvalue weighted by Crippen LogP contribution is -2.51. The third-order valence-corrected chi connectivity index (χ3v) is 4.86. The summed E-state index contributed by atoms with van der Waals surface area (Å²) in [6.07, 6.45) is 2.85. The number of nitrogens with zero attached hydrogens (tertiary/aromatic N) is 2. The molecule has 2 aliphatic rings. The largest absolute Gasteiger partial charge is 0.339 e. The third-order valence-electron chi connectivity index (χ3n) is 4.86. The van der Waals surface area contributed by atoms with Crippen molar-refractivity contribution >= 4 is 24.2 Å². The van der Waals surface area contributed by atoms with E-state index >= 15 is 0 Å². The zero-order valence-corrected chi connectivity index (χ0v) is 14.8. The molecule has 0 radical (unpaired) electrons. The monoisotopic (exact) mass is 351 g/mol. The van der Waals surface area contributed by atoms with Crippen molar-refractivity contribution in [1.82, 2.24) is 15.1 Å². The smallest absolute Gasteiger partial charge is 0.253 e. The molecule has 132 valence electrons. The maximum Gasteiger partial charge on any atom is 0.253 e. The summed E-state index contributed by atoms with van der Waals surface area (Å²) in [5, 5.41) is 3.33. The molecule has 0 aliphatic carbocycles. The van der Waals surface area contributed by atoms with E-state index in [4.69, 9.17) is 0 Å². The fraction of sp³-hybridized carbons (Fsp3) is 0.556. The summed E-state index contributed by atoms with van der Waals surface area (Å²) in [6.45, 7) is 4.62. The number of hydrogen-bond acceptors (Lipinski definition) is 3. The Kier molecular flexibility index (Phi) is 7.06. The van der Waals surface area contributed by atoms with Crippen molar-refractivity contribution in [3.05, 3.63) is 35.9 Å². The van der Waals surface area contributed by atoms with Gasteiger partial charge in [-0.05, 0) is 44.0 Å². The van der Waals surface area contributed by atoms with Gasteiger partial charge in [0.2, 0.25) is 5.91 Å². The number of carbonyl (C=O) groups is 2. The normalized spacial score (nSPS) is 18.8. The van der Waals surface area contributed by atoms with Crippen molar-refractivity contribution in [2.45, 2.75) is 19.3 Å². The van der Waals surface area contributed by atoms with Gasteiger partial charge in [-0.15, -0.1) is 12.4 Å². The highest BCUT2D eigenvalue weighted by Gasteiger charge is 2.26. The first kappa shape index (κ1) is 18.7. The van der Waals surface area contributed by atoms with Crippen LogP contribution in [0.15, 0.2) is 30.3 Å². The Bertz CT molecular complexity index is 538. The molecular formula is C18H26ClN3O2. The van der Waals surface area contributed by atoms with E-state index in [1.165, 1.54) is 0 Å². The summed E-state index contributed by atoms with van der Waals surface area (Å²) in [5.41, 5.74) is 0.724. The second-order valence-electron chi connectivity index (χ2n) is 6.44. The number of benzene rings is 1. The second kappa shape index (κ2) is 9.04. The van der Waals surface area contributed by atoms with Crippen LogP contribution in [0.2, 0.25) is 0 Å². The number of rotatable bonds is 3. The van der Waals surface area contributed by atoms with Crippen LogP contribution in [0.1, 0.15) is 29.6 Å². The number of piperazine rings is 1. The van der Waals surface area contributed by atoms with E-state index in [0.29, 0.717) is 38.5 Å². The van der Waals surface area contributed by atoms with Gasteiger partial charge in [-0.2, -0.15) is 0 Å². The topological polar surface area (TPSA) is 52.7 Å². The zero-order valence-electron chi connectivity index (χ0n) is 13.9. The van der Waals surface area contributed by atoms with Crippen molar-refractivity contribution in [2.24, 2.45) is 5.92 Å². The summed E-state index contributed by atoms with van der Waals surface area (Å²) in [5.74, 6) is 0.840. The molecule has 24 heavy (non-hydrogen) atoms. The molecule has 0 atom stereocenters. The van der Waals surface area contributed by atoms with E-state index in [-0.39, 0.29) is 24.2 Å². The SMILES string of the molecule is Cl.O=C(CC1CCNCC1)N1CCN(C(=O)c2ccccc2)CC1. The van der Waals surface area contributed by atoms with E-state index in [1.807, 2.05) is 40.1 Å². The minimum atomic E-state index is 0. The maximum atomic E-state index is 12.4. The van der Waals surface area contributed by atoms with Gasteiger partial charge < -0.3 is 15.1 Å². The zero-order chi connectivity index (χ0) is 16.1. The molecule has 5 nitrogen and oxygen atoms in total. The molecule has 6 heteroatoms. The lowest BCUT2D eigenvalue weighted by Gasteiger charge is -2.35. The average Bonchev–Trinajstić information content (AvgIpc) is 2.63. The van der Waals surface area contributed by atoms with Crippen molar-refractivity contribution < 1.29 is 9.59 Å². The lowest BCUT2D eigenvalue weighted by molar-refractivity contribution is -0.133. The minimum absolute atomic E-state index is 0. The number of halogens is 1. The molecule has 1 aromatic rings. The van der Waals surface area contributed by atoms with Crippen LogP contribution in [-0.4, -0.2) is 60.9 Å². The molecule has 1 aromatic carbocycles. The Labute approximate surface area is 149 Å². The molecule has 3 rings (SSSR count). The van der Waals surface area contributed by atoms with Gasteiger partial charge in [0.15, 0.2) is 0 Å². The summed E-state index contributed by atoms with van der Waals surface area (Å²) < 4.78 is 0. The standard InChI is InChI=1S/C18H25N3O2.ClH/c22-17(14-15-6-8-19-9-7-15)20-10-12-21(13-11-20)18(23)16-4-2-1-3-5-16;/h1-5,15,19H,6-14H2;1H. The summed E-state index contributed by atoms with van der Waals surface area (Å²) in [7, 11) is 0. The molecule has 1 N–H and O–H groups in total. The predicted molar refractivity (Wildman–Crippen MR) is 96.4 cm³/mol. The van der Waals surface area contributed by atoms with Crippen LogP contribution in [0, 0.1) is 5.92 Å². The fourth-order valence-electron chi connectivity index (χ4n) is 3.38. The van der Waals surface area contributed by atoms with Crippen molar-refractivity contribution in [3.63, 3.8) is 0 Å². The van der Waals surface area contributed by atoms with Crippen LogP contribution in [0.3, 0.4) is 0 Å². The van der Waals surface area contributed by atoms with E-state index in [0.717, 1.165) is 31.5 Å². The lowest BCUT2D eigenvalue weighted by atomic mass is 9.94. The Morgan fingerprint density at radius 3 is 2.17 bits per heavy atom. The minimum Gasteiger partial charge on any atom is -0.339 e. The number of hydrogen-bond donors (Lipinski definition) is 1. The highest BCUT2D eigenvalue weighted by atomic mass is 35.5. The molecule has 2 amide bonds. The van der Waals surface area contributed by atoms with Crippen LogP contribution in [0.4, 0.5) is 0 Å². The average molecular weight is 352 g/mol. The van der Waals surface area contributed by atoms with E-state index in [2.05, 4.69) is 5.32 Å². The first-order chi connectivity index (χ1) is 11.2. The van der Waals surface area contributed by atoms with Gasteiger partial charge in [0.05, 0.1) is 0 Å². The van der Waals surface area contributed by atoms with Gasteiger partial charge in [0, 0.05) is 38.2 Å². The maximum absolute atomic E-state index is 12.4. The molecule has 0 unspecified atom stereocenters. The first-order valence-electron chi connectivity index (χ1n) is 8.57. The fourth-order valence-corrected chi connectivity index (χ4v) is 3.38. The van der Waals surface area contributed by atoms with Gasteiger partial charge in [-0.3, -0.25) is 9.59 Å². The van der Waals surface area contributed by atoms with Crippen LogP contribution in [0.5, 0.6) is 0 Å². The third kappa shape index (κ3) is 4.71. The summed E-state index contributed by atoms with van der Waals surface area (Å²) >= 11 is 0. The van der Waals surface area contributed by atoms with Crippen molar-refractivity contribution in [3.8, 4) is 0 Å². The number of amides is 2. The van der Waals surface area contributed by atoms with Crippen LogP contribution in [-0.2, 0) is 4.79 Å². The Balaban J connectivity index is 0.00000208. The Morgan fingerprint density at radius 2 is 1.54 bits per heavy atom. The molecule has 2 saturated heterocycles. The van der Waals surface area contributed by atoms with Crippen LogP contribution in [0.25, 0.3) is 0 Å². The first-order valence-corrected chi connectivity index (χ1v) is 8.57. The Hall–Kier alpha value is -1.59. The number of piperidine rings is 1. The second-order valence-corrected chi connectivity index (χ2v) is 6.44. The molecular weight excluding hydrogens is 326 g/mol. The number of carbonyl (C=O) groups excluding carboxylic acids is 2. The van der Waals surface area contributed by atoms with E-state index in [9.17, 15) is 9.59 Å². The van der Waals surface area contributed by atoms with Crippen LogP contribution >= 0.6 is 12.4 Å². The summed E-state index contributed by atoms with van der Waals surface area (Å²) in [4.78, 5) is 28.6. The van der Waals surface area contributed by atoms with Gasteiger partial charge in [-0.1, -0.05) is 18.2 Å².